The van der Waals surface area contributed by atoms with Crippen molar-refractivity contribution in [2.75, 3.05) is 26.7 Å². The number of ether oxygens (including phenoxy) is 1. The maximum absolute atomic E-state index is 9.69. The lowest BCUT2D eigenvalue weighted by molar-refractivity contribution is 0.146. The smallest absolute Gasteiger partial charge is 0.124 e. The van der Waals surface area contributed by atoms with Gasteiger partial charge in [0.15, 0.2) is 0 Å². The minimum Gasteiger partial charge on any atom is -0.496 e. The van der Waals surface area contributed by atoms with E-state index in [1.54, 1.807) is 7.11 Å². The molecular formula is C13H19BrN2O2. The number of nitrogens with one attached hydrogen (secondary N) is 2. The van der Waals surface area contributed by atoms with Gasteiger partial charge in [-0.3, -0.25) is 0 Å². The maximum Gasteiger partial charge on any atom is 0.124 e. The van der Waals surface area contributed by atoms with Gasteiger partial charge in [-0.2, -0.15) is 0 Å². The van der Waals surface area contributed by atoms with Gasteiger partial charge >= 0.3 is 0 Å². The first-order chi connectivity index (χ1) is 8.70. The van der Waals surface area contributed by atoms with Crippen LogP contribution in [0, 0.1) is 5.92 Å². The lowest BCUT2D eigenvalue weighted by atomic mass is 10.1. The van der Waals surface area contributed by atoms with Crippen LogP contribution in [0.3, 0.4) is 0 Å². The van der Waals surface area contributed by atoms with Gasteiger partial charge in [0.05, 0.1) is 13.2 Å². The molecule has 0 saturated carbocycles. The predicted octanol–water partition coefficient (Wildman–Crippen LogP) is 1.13. The lowest BCUT2D eigenvalue weighted by Gasteiger charge is -2.15. The molecule has 1 aromatic rings. The zero-order valence-corrected chi connectivity index (χ0v) is 12.0. The molecule has 1 aliphatic rings. The molecule has 0 spiro atoms. The maximum atomic E-state index is 9.69. The number of hydrogen-bond donors (Lipinski definition) is 3. The second kappa shape index (κ2) is 6.52. The quantitative estimate of drug-likeness (QED) is 0.762. The van der Waals surface area contributed by atoms with E-state index < -0.39 is 0 Å². The van der Waals surface area contributed by atoms with E-state index in [0.29, 0.717) is 12.5 Å². The van der Waals surface area contributed by atoms with Gasteiger partial charge in [0.1, 0.15) is 5.75 Å². The number of β-amino-alcohol motifs (C(OH)–C–C–N with tert-alkyl or cyclic N) is 1. The number of aliphatic hydroxyl groups is 1. The highest BCUT2D eigenvalue weighted by Crippen LogP contribution is 2.23. The Morgan fingerprint density at radius 1 is 1.50 bits per heavy atom. The van der Waals surface area contributed by atoms with Crippen molar-refractivity contribution in [3.8, 4) is 5.75 Å². The molecule has 1 saturated heterocycles. The van der Waals surface area contributed by atoms with Gasteiger partial charge in [-0.15, -0.1) is 0 Å². The first kappa shape index (κ1) is 13.8. The Kier molecular flexibility index (Phi) is 5.00. The third-order valence-electron chi connectivity index (χ3n) is 3.28. The summed E-state index contributed by atoms with van der Waals surface area (Å²) in [6.07, 6.45) is -0.232. The number of hydrogen-bond acceptors (Lipinski definition) is 4. The molecule has 2 atom stereocenters. The molecule has 0 aliphatic carbocycles. The normalized spacial score (nSPS) is 23.3. The summed E-state index contributed by atoms with van der Waals surface area (Å²) < 4.78 is 6.35. The van der Waals surface area contributed by atoms with E-state index in [4.69, 9.17) is 4.74 Å². The van der Waals surface area contributed by atoms with Crippen molar-refractivity contribution in [2.45, 2.75) is 12.6 Å². The Morgan fingerprint density at radius 2 is 2.33 bits per heavy atom. The first-order valence-electron chi connectivity index (χ1n) is 6.12. The summed E-state index contributed by atoms with van der Waals surface area (Å²) in [5.41, 5.74) is 1.13. The summed E-state index contributed by atoms with van der Waals surface area (Å²) in [6.45, 7) is 3.15. The van der Waals surface area contributed by atoms with E-state index in [-0.39, 0.29) is 6.10 Å². The van der Waals surface area contributed by atoms with Crippen molar-refractivity contribution >= 4 is 15.9 Å². The molecule has 2 unspecified atom stereocenters. The number of aliphatic hydroxyl groups excluding tert-OH is 1. The SMILES string of the molecule is COc1cc(Br)ccc1CNCC1CNCC1O. The average Bonchev–Trinajstić information content (AvgIpc) is 2.77. The van der Waals surface area contributed by atoms with Crippen LogP contribution in [-0.4, -0.2) is 38.0 Å². The van der Waals surface area contributed by atoms with Crippen molar-refractivity contribution in [1.82, 2.24) is 10.6 Å². The van der Waals surface area contributed by atoms with Crippen LogP contribution < -0.4 is 15.4 Å². The van der Waals surface area contributed by atoms with E-state index in [1.807, 2.05) is 18.2 Å². The fraction of sp³-hybridized carbons (Fsp3) is 0.538. The zero-order chi connectivity index (χ0) is 13.0. The molecule has 2 rings (SSSR count). The number of rotatable bonds is 5. The van der Waals surface area contributed by atoms with E-state index >= 15 is 0 Å². The molecule has 4 nitrogen and oxygen atoms in total. The molecule has 0 bridgehead atoms. The third-order valence-corrected chi connectivity index (χ3v) is 3.77. The van der Waals surface area contributed by atoms with Crippen LogP contribution in [0.5, 0.6) is 5.75 Å². The van der Waals surface area contributed by atoms with Gasteiger partial charge < -0.3 is 20.5 Å². The van der Waals surface area contributed by atoms with E-state index in [0.717, 1.165) is 35.4 Å². The third kappa shape index (κ3) is 3.45. The van der Waals surface area contributed by atoms with Crippen LogP contribution >= 0.6 is 15.9 Å². The molecular weight excluding hydrogens is 296 g/mol. The first-order valence-corrected chi connectivity index (χ1v) is 6.92. The molecule has 100 valence electrons. The van der Waals surface area contributed by atoms with E-state index in [9.17, 15) is 5.11 Å². The second-order valence-corrected chi connectivity index (χ2v) is 5.49. The molecule has 0 radical (unpaired) electrons. The minimum absolute atomic E-state index is 0.232. The Balaban J connectivity index is 1.86. The molecule has 1 fully saturated rings. The fourth-order valence-corrected chi connectivity index (χ4v) is 2.52. The zero-order valence-electron chi connectivity index (χ0n) is 10.4. The van der Waals surface area contributed by atoms with Gasteiger partial charge in [0, 0.05) is 42.1 Å². The van der Waals surface area contributed by atoms with Crippen molar-refractivity contribution in [3.05, 3.63) is 28.2 Å². The van der Waals surface area contributed by atoms with Crippen LogP contribution in [-0.2, 0) is 6.54 Å². The van der Waals surface area contributed by atoms with Gasteiger partial charge in [-0.25, -0.2) is 0 Å². The van der Waals surface area contributed by atoms with E-state index in [2.05, 4.69) is 26.6 Å². The summed E-state index contributed by atoms with van der Waals surface area (Å²) >= 11 is 3.43. The molecule has 1 aromatic carbocycles. The van der Waals surface area contributed by atoms with Gasteiger partial charge in [0.2, 0.25) is 0 Å². The van der Waals surface area contributed by atoms with Gasteiger partial charge in [-0.1, -0.05) is 22.0 Å². The molecule has 1 heterocycles. The van der Waals surface area contributed by atoms with Crippen molar-refractivity contribution < 1.29 is 9.84 Å². The molecule has 18 heavy (non-hydrogen) atoms. The standard InChI is InChI=1S/C13H19BrN2O2/c1-18-13-4-11(14)3-2-9(13)5-15-6-10-7-16-8-12(10)17/h2-4,10,12,15-17H,5-8H2,1H3. The monoisotopic (exact) mass is 314 g/mol. The van der Waals surface area contributed by atoms with Crippen LogP contribution in [0.25, 0.3) is 0 Å². The van der Waals surface area contributed by atoms with Gasteiger partial charge in [0.25, 0.3) is 0 Å². The molecule has 5 heteroatoms. The topological polar surface area (TPSA) is 53.5 Å². The summed E-state index contributed by atoms with van der Waals surface area (Å²) in [5.74, 6) is 1.17. The number of benzene rings is 1. The van der Waals surface area contributed by atoms with Crippen LogP contribution in [0.15, 0.2) is 22.7 Å². The van der Waals surface area contributed by atoms with Crippen LogP contribution in [0.1, 0.15) is 5.56 Å². The number of methoxy groups -OCH3 is 1. The Hall–Kier alpha value is -0.620. The highest BCUT2D eigenvalue weighted by Gasteiger charge is 2.24. The Bertz CT molecular complexity index is 401. The van der Waals surface area contributed by atoms with Crippen LogP contribution in [0.2, 0.25) is 0 Å². The fourth-order valence-electron chi connectivity index (χ4n) is 2.18. The lowest BCUT2D eigenvalue weighted by Crippen LogP contribution is -2.30. The molecule has 0 aromatic heterocycles. The predicted molar refractivity (Wildman–Crippen MR) is 74.8 cm³/mol. The van der Waals surface area contributed by atoms with Crippen molar-refractivity contribution in [2.24, 2.45) is 5.92 Å². The van der Waals surface area contributed by atoms with Crippen LogP contribution in [0.4, 0.5) is 0 Å². The van der Waals surface area contributed by atoms with E-state index in [1.165, 1.54) is 0 Å². The Labute approximate surface area is 116 Å². The summed E-state index contributed by atoms with van der Waals surface area (Å²) in [7, 11) is 1.68. The molecule has 0 amide bonds. The summed E-state index contributed by atoms with van der Waals surface area (Å²) in [5, 5.41) is 16.2. The minimum atomic E-state index is -0.232. The molecule has 1 aliphatic heterocycles. The van der Waals surface area contributed by atoms with Gasteiger partial charge in [-0.05, 0) is 12.1 Å². The largest absolute Gasteiger partial charge is 0.496 e. The highest BCUT2D eigenvalue weighted by molar-refractivity contribution is 9.10. The number of halogens is 1. The Morgan fingerprint density at radius 3 is 3.00 bits per heavy atom. The van der Waals surface area contributed by atoms with Crippen molar-refractivity contribution in [3.63, 3.8) is 0 Å². The highest BCUT2D eigenvalue weighted by atomic mass is 79.9. The summed E-state index contributed by atoms with van der Waals surface area (Å²) in [4.78, 5) is 0. The van der Waals surface area contributed by atoms with Crippen molar-refractivity contribution in [1.29, 1.82) is 0 Å². The summed E-state index contributed by atoms with van der Waals surface area (Å²) in [6, 6.07) is 6.01. The molecule has 3 N–H and O–H groups in total. The second-order valence-electron chi connectivity index (χ2n) is 4.57. The average molecular weight is 315 g/mol.